The van der Waals surface area contributed by atoms with E-state index in [9.17, 15) is 14.5 Å². The molecule has 0 heterocycles. The molecule has 0 spiro atoms. The SMILES string of the molecule is O=[N+]([O-])c1ccc(CNc2cccc(Cl)c2F)c(Cl)c1. The third-order valence-corrected chi connectivity index (χ3v) is 3.31. The second-order valence-electron chi connectivity index (χ2n) is 3.99. The number of nitro benzene ring substituents is 1. The summed E-state index contributed by atoms with van der Waals surface area (Å²) >= 11 is 11.6. The second kappa shape index (κ2) is 6.07. The minimum Gasteiger partial charge on any atom is -0.379 e. The molecular weight excluding hydrogens is 306 g/mol. The van der Waals surface area contributed by atoms with Gasteiger partial charge in [-0.25, -0.2) is 4.39 Å². The van der Waals surface area contributed by atoms with Crippen LogP contribution in [0.4, 0.5) is 15.8 Å². The molecule has 4 nitrogen and oxygen atoms in total. The molecule has 0 saturated carbocycles. The Kier molecular flexibility index (Phi) is 4.42. The molecule has 7 heteroatoms. The molecule has 0 atom stereocenters. The average molecular weight is 315 g/mol. The van der Waals surface area contributed by atoms with Crippen molar-refractivity contribution in [3.63, 3.8) is 0 Å². The van der Waals surface area contributed by atoms with Crippen molar-refractivity contribution in [2.75, 3.05) is 5.32 Å². The average Bonchev–Trinajstić information content (AvgIpc) is 2.41. The Morgan fingerprint density at radius 2 is 1.95 bits per heavy atom. The monoisotopic (exact) mass is 314 g/mol. The lowest BCUT2D eigenvalue weighted by atomic mass is 10.2. The minimum absolute atomic E-state index is 0.0183. The normalized spacial score (nSPS) is 10.3. The number of hydrogen-bond acceptors (Lipinski definition) is 3. The quantitative estimate of drug-likeness (QED) is 0.660. The third kappa shape index (κ3) is 3.18. The first-order valence-electron chi connectivity index (χ1n) is 5.59. The lowest BCUT2D eigenvalue weighted by Crippen LogP contribution is -2.02. The van der Waals surface area contributed by atoms with Gasteiger partial charge < -0.3 is 5.32 Å². The van der Waals surface area contributed by atoms with Crippen LogP contribution in [0.15, 0.2) is 36.4 Å². The van der Waals surface area contributed by atoms with Gasteiger partial charge in [0.15, 0.2) is 5.82 Å². The van der Waals surface area contributed by atoms with Gasteiger partial charge in [-0.1, -0.05) is 29.3 Å². The zero-order chi connectivity index (χ0) is 14.7. The maximum Gasteiger partial charge on any atom is 0.270 e. The van der Waals surface area contributed by atoms with Gasteiger partial charge in [-0.05, 0) is 23.8 Å². The maximum absolute atomic E-state index is 13.7. The Bertz CT molecular complexity index is 665. The van der Waals surface area contributed by atoms with Crippen LogP contribution in [0.1, 0.15) is 5.56 Å². The predicted octanol–water partition coefficient (Wildman–Crippen LogP) is 4.65. The number of nitrogens with zero attached hydrogens (tertiary/aromatic N) is 1. The fourth-order valence-electron chi connectivity index (χ4n) is 1.62. The first kappa shape index (κ1) is 14.6. The van der Waals surface area contributed by atoms with Crippen LogP contribution in [0.25, 0.3) is 0 Å². The highest BCUT2D eigenvalue weighted by Gasteiger charge is 2.10. The molecule has 0 aromatic heterocycles. The molecule has 0 aliphatic rings. The number of benzene rings is 2. The summed E-state index contributed by atoms with van der Waals surface area (Å²) in [7, 11) is 0. The summed E-state index contributed by atoms with van der Waals surface area (Å²) < 4.78 is 13.7. The second-order valence-corrected chi connectivity index (χ2v) is 4.80. The molecule has 0 amide bonds. The van der Waals surface area contributed by atoms with Crippen molar-refractivity contribution >= 4 is 34.6 Å². The fraction of sp³-hybridized carbons (Fsp3) is 0.0769. The van der Waals surface area contributed by atoms with Crippen molar-refractivity contribution in [3.05, 3.63) is 67.9 Å². The molecule has 0 unspecified atom stereocenters. The van der Waals surface area contributed by atoms with E-state index in [2.05, 4.69) is 5.32 Å². The molecule has 0 aliphatic heterocycles. The topological polar surface area (TPSA) is 55.2 Å². The van der Waals surface area contributed by atoms with E-state index >= 15 is 0 Å². The molecule has 2 aromatic rings. The van der Waals surface area contributed by atoms with Gasteiger partial charge in [0.1, 0.15) is 0 Å². The smallest absolute Gasteiger partial charge is 0.270 e. The summed E-state index contributed by atoms with van der Waals surface area (Å²) in [5.41, 5.74) is 0.774. The van der Waals surface area contributed by atoms with Crippen LogP contribution in [0.2, 0.25) is 10.0 Å². The molecule has 1 N–H and O–H groups in total. The molecule has 0 bridgehead atoms. The van der Waals surface area contributed by atoms with Gasteiger partial charge in [-0.15, -0.1) is 0 Å². The molecule has 2 aromatic carbocycles. The van der Waals surface area contributed by atoms with E-state index in [4.69, 9.17) is 23.2 Å². The third-order valence-electron chi connectivity index (χ3n) is 2.67. The van der Waals surface area contributed by atoms with Crippen LogP contribution in [-0.2, 0) is 6.54 Å². The number of hydrogen-bond donors (Lipinski definition) is 1. The van der Waals surface area contributed by atoms with E-state index in [0.29, 0.717) is 5.56 Å². The molecule has 0 aliphatic carbocycles. The number of nitro groups is 1. The highest BCUT2D eigenvalue weighted by Crippen LogP contribution is 2.25. The molecule has 0 saturated heterocycles. The molecular formula is C13H9Cl2FN2O2. The van der Waals surface area contributed by atoms with Gasteiger partial charge in [0.05, 0.1) is 20.7 Å². The fourth-order valence-corrected chi connectivity index (χ4v) is 2.04. The van der Waals surface area contributed by atoms with Crippen LogP contribution in [0.3, 0.4) is 0 Å². The molecule has 104 valence electrons. The van der Waals surface area contributed by atoms with Gasteiger partial charge in [0, 0.05) is 18.7 Å². The Labute approximate surface area is 124 Å². The van der Waals surface area contributed by atoms with Crippen molar-refractivity contribution in [2.24, 2.45) is 0 Å². The van der Waals surface area contributed by atoms with E-state index in [1.807, 2.05) is 0 Å². The van der Waals surface area contributed by atoms with Crippen LogP contribution in [0.5, 0.6) is 0 Å². The molecule has 0 radical (unpaired) electrons. The standard InChI is InChI=1S/C13H9Cl2FN2O2/c14-10-2-1-3-12(13(10)16)17-7-8-4-5-9(18(19)20)6-11(8)15/h1-6,17H,7H2. The lowest BCUT2D eigenvalue weighted by Gasteiger charge is -2.09. The van der Waals surface area contributed by atoms with Crippen molar-refractivity contribution in [1.82, 2.24) is 0 Å². The first-order valence-corrected chi connectivity index (χ1v) is 6.35. The zero-order valence-electron chi connectivity index (χ0n) is 10.1. The van der Waals surface area contributed by atoms with E-state index in [1.54, 1.807) is 12.1 Å². The maximum atomic E-state index is 13.7. The van der Waals surface area contributed by atoms with Crippen LogP contribution in [0, 0.1) is 15.9 Å². The summed E-state index contributed by atoms with van der Waals surface area (Å²) in [6.07, 6.45) is 0. The van der Waals surface area contributed by atoms with E-state index in [0.717, 1.165) is 0 Å². The predicted molar refractivity (Wildman–Crippen MR) is 76.8 cm³/mol. The minimum atomic E-state index is -0.549. The molecule has 20 heavy (non-hydrogen) atoms. The Morgan fingerprint density at radius 1 is 1.20 bits per heavy atom. The van der Waals surface area contributed by atoms with Gasteiger partial charge in [-0.2, -0.15) is 0 Å². The van der Waals surface area contributed by atoms with Crippen LogP contribution < -0.4 is 5.32 Å². The summed E-state index contributed by atoms with van der Waals surface area (Å²) in [5, 5.41) is 13.7. The number of non-ortho nitro benzene ring substituents is 1. The van der Waals surface area contributed by atoms with Gasteiger partial charge >= 0.3 is 0 Å². The Morgan fingerprint density at radius 3 is 2.60 bits per heavy atom. The molecule has 2 rings (SSSR count). The summed E-state index contributed by atoms with van der Waals surface area (Å²) in [6.45, 7) is 0.230. The summed E-state index contributed by atoms with van der Waals surface area (Å²) in [6, 6.07) is 8.73. The van der Waals surface area contributed by atoms with Gasteiger partial charge in [0.25, 0.3) is 5.69 Å². The van der Waals surface area contributed by atoms with Crippen molar-refractivity contribution in [2.45, 2.75) is 6.54 Å². The van der Waals surface area contributed by atoms with Crippen LogP contribution in [-0.4, -0.2) is 4.92 Å². The highest BCUT2D eigenvalue weighted by molar-refractivity contribution is 6.31. The van der Waals surface area contributed by atoms with Crippen LogP contribution >= 0.6 is 23.2 Å². The zero-order valence-corrected chi connectivity index (χ0v) is 11.6. The lowest BCUT2D eigenvalue weighted by molar-refractivity contribution is -0.384. The summed E-state index contributed by atoms with van der Waals surface area (Å²) in [5.74, 6) is -0.549. The first-order chi connectivity index (χ1) is 9.49. The number of anilines is 1. The van der Waals surface area contributed by atoms with E-state index in [1.165, 1.54) is 24.3 Å². The summed E-state index contributed by atoms with van der Waals surface area (Å²) in [4.78, 5) is 10.1. The van der Waals surface area contributed by atoms with Crippen molar-refractivity contribution in [3.8, 4) is 0 Å². The van der Waals surface area contributed by atoms with Gasteiger partial charge in [0.2, 0.25) is 0 Å². The largest absolute Gasteiger partial charge is 0.379 e. The number of rotatable bonds is 4. The highest BCUT2D eigenvalue weighted by atomic mass is 35.5. The Hall–Kier alpha value is -1.85. The Balaban J connectivity index is 2.15. The molecule has 0 fully saturated rings. The van der Waals surface area contributed by atoms with Gasteiger partial charge in [-0.3, -0.25) is 10.1 Å². The van der Waals surface area contributed by atoms with E-state index in [-0.39, 0.29) is 28.0 Å². The number of halogens is 3. The van der Waals surface area contributed by atoms with E-state index < -0.39 is 10.7 Å². The number of nitrogens with one attached hydrogen (secondary N) is 1. The van der Waals surface area contributed by atoms with Crippen molar-refractivity contribution in [1.29, 1.82) is 0 Å². The van der Waals surface area contributed by atoms with Crippen molar-refractivity contribution < 1.29 is 9.31 Å².